The topological polar surface area (TPSA) is 42.0 Å². The lowest BCUT2D eigenvalue weighted by Crippen LogP contribution is -2.23. The molecule has 0 saturated heterocycles. The fourth-order valence-corrected chi connectivity index (χ4v) is 4.88. The molecule has 0 radical (unpaired) electrons. The second-order valence-corrected chi connectivity index (χ2v) is 9.01. The number of fused-ring (bicyclic) bond motifs is 1. The molecule has 1 N–H and O–H groups in total. The van der Waals surface area contributed by atoms with Crippen LogP contribution in [-0.4, -0.2) is 16.1 Å². The van der Waals surface area contributed by atoms with Crippen LogP contribution in [0, 0.1) is 6.92 Å². The number of aryl methyl sites for hydroxylation is 1. The highest BCUT2D eigenvalue weighted by molar-refractivity contribution is 8.02. The average molecular weight is 371 g/mol. The molecule has 3 nitrogen and oxygen atoms in total. The summed E-state index contributed by atoms with van der Waals surface area (Å²) < 4.78 is 2.08. The summed E-state index contributed by atoms with van der Waals surface area (Å²) in [6.45, 7) is 8.25. The molecule has 0 unspecified atom stereocenters. The van der Waals surface area contributed by atoms with E-state index in [9.17, 15) is 4.79 Å². The molecule has 130 valence electrons. The van der Waals surface area contributed by atoms with Crippen molar-refractivity contribution in [2.45, 2.75) is 43.2 Å². The van der Waals surface area contributed by atoms with E-state index >= 15 is 0 Å². The van der Waals surface area contributed by atoms with Gasteiger partial charge in [0.1, 0.15) is 0 Å². The molecule has 2 aromatic carbocycles. The maximum atomic E-state index is 12.7. The lowest BCUT2D eigenvalue weighted by atomic mass is 9.98. The van der Waals surface area contributed by atoms with Gasteiger partial charge in [-0.05, 0) is 43.0 Å². The molecule has 0 aliphatic heterocycles. The zero-order valence-electron chi connectivity index (χ0n) is 14.9. The van der Waals surface area contributed by atoms with Crippen LogP contribution >= 0.6 is 23.1 Å². The van der Waals surface area contributed by atoms with E-state index in [4.69, 9.17) is 0 Å². The van der Waals surface area contributed by atoms with Crippen molar-refractivity contribution >= 4 is 44.9 Å². The van der Waals surface area contributed by atoms with Crippen LogP contribution in [-0.2, 0) is 4.79 Å². The molecule has 3 rings (SSSR count). The van der Waals surface area contributed by atoms with Crippen molar-refractivity contribution in [3.63, 3.8) is 0 Å². The molecular weight excluding hydrogens is 348 g/mol. The zero-order valence-corrected chi connectivity index (χ0v) is 16.5. The van der Waals surface area contributed by atoms with Crippen molar-refractivity contribution in [1.82, 2.24) is 4.98 Å². The summed E-state index contributed by atoms with van der Waals surface area (Å²) in [5.74, 6) is 0.378. The van der Waals surface area contributed by atoms with E-state index in [-0.39, 0.29) is 11.2 Å². The monoisotopic (exact) mass is 370 g/mol. The first kappa shape index (κ1) is 18.0. The Balaban J connectivity index is 1.75. The van der Waals surface area contributed by atoms with Gasteiger partial charge in [0.25, 0.3) is 0 Å². The van der Waals surface area contributed by atoms with Crippen LogP contribution in [0.25, 0.3) is 10.2 Å². The first-order valence-corrected chi connectivity index (χ1v) is 10.1. The van der Waals surface area contributed by atoms with Crippen LogP contribution in [0.1, 0.15) is 37.8 Å². The number of amides is 1. The Bertz CT molecular complexity index is 869. The number of rotatable bonds is 5. The Morgan fingerprint density at radius 2 is 1.88 bits per heavy atom. The van der Waals surface area contributed by atoms with Crippen molar-refractivity contribution in [2.24, 2.45) is 0 Å². The minimum Gasteiger partial charge on any atom is -0.325 e. The second-order valence-electron chi connectivity index (χ2n) is 6.39. The molecule has 0 spiro atoms. The Morgan fingerprint density at radius 3 is 2.60 bits per heavy atom. The van der Waals surface area contributed by atoms with E-state index in [1.54, 1.807) is 11.3 Å². The van der Waals surface area contributed by atoms with Crippen LogP contribution in [0.5, 0.6) is 0 Å². The van der Waals surface area contributed by atoms with Crippen LogP contribution in [0.15, 0.2) is 46.8 Å². The third kappa shape index (κ3) is 4.05. The number of nitrogens with one attached hydrogen (secondary N) is 1. The van der Waals surface area contributed by atoms with Crippen molar-refractivity contribution in [3.05, 3.63) is 53.6 Å². The summed E-state index contributed by atoms with van der Waals surface area (Å²) in [7, 11) is 0. The molecule has 0 fully saturated rings. The number of thiazole rings is 1. The Morgan fingerprint density at radius 1 is 1.12 bits per heavy atom. The maximum absolute atomic E-state index is 12.7. The van der Waals surface area contributed by atoms with E-state index in [2.05, 4.69) is 36.3 Å². The van der Waals surface area contributed by atoms with Crippen LogP contribution in [0.2, 0.25) is 0 Å². The normalized spacial score (nSPS) is 12.5. The van der Waals surface area contributed by atoms with Crippen LogP contribution in [0.4, 0.5) is 5.69 Å². The molecule has 0 saturated carbocycles. The highest BCUT2D eigenvalue weighted by Gasteiger charge is 2.19. The summed E-state index contributed by atoms with van der Waals surface area (Å²) in [4.78, 5) is 17.3. The van der Waals surface area contributed by atoms with E-state index < -0.39 is 0 Å². The fraction of sp³-hybridized carbons (Fsp3) is 0.300. The quantitative estimate of drug-likeness (QED) is 0.573. The molecule has 0 bridgehead atoms. The van der Waals surface area contributed by atoms with Crippen LogP contribution < -0.4 is 5.32 Å². The first-order valence-electron chi connectivity index (χ1n) is 8.38. The zero-order chi connectivity index (χ0) is 18.0. The highest BCUT2D eigenvalue weighted by atomic mass is 32.2. The maximum Gasteiger partial charge on any atom is 0.237 e. The summed E-state index contributed by atoms with van der Waals surface area (Å²) >= 11 is 3.14. The van der Waals surface area contributed by atoms with Gasteiger partial charge in [0.2, 0.25) is 5.91 Å². The smallest absolute Gasteiger partial charge is 0.237 e. The third-order valence-corrected chi connectivity index (χ3v) is 6.33. The molecule has 1 heterocycles. The number of benzene rings is 2. The van der Waals surface area contributed by atoms with E-state index in [1.165, 1.54) is 17.3 Å². The third-order valence-electron chi connectivity index (χ3n) is 4.10. The van der Waals surface area contributed by atoms with E-state index in [1.807, 2.05) is 44.2 Å². The van der Waals surface area contributed by atoms with Crippen molar-refractivity contribution in [3.8, 4) is 0 Å². The number of nitrogens with zero attached hydrogens (tertiary/aromatic N) is 1. The van der Waals surface area contributed by atoms with Gasteiger partial charge in [0.15, 0.2) is 4.34 Å². The van der Waals surface area contributed by atoms with Gasteiger partial charge in [-0.25, -0.2) is 4.98 Å². The van der Waals surface area contributed by atoms with Gasteiger partial charge < -0.3 is 5.32 Å². The Kier molecular flexibility index (Phi) is 5.45. The molecule has 1 aromatic heterocycles. The number of hydrogen-bond donors (Lipinski definition) is 1. The van der Waals surface area contributed by atoms with Gasteiger partial charge >= 0.3 is 0 Å². The van der Waals surface area contributed by atoms with E-state index in [0.717, 1.165) is 25.8 Å². The number of thioether (sulfide) groups is 1. The Labute approximate surface area is 156 Å². The molecule has 25 heavy (non-hydrogen) atoms. The largest absolute Gasteiger partial charge is 0.325 e. The second kappa shape index (κ2) is 7.58. The number of anilines is 1. The number of hydrogen-bond acceptors (Lipinski definition) is 4. The Hall–Kier alpha value is -1.85. The molecule has 0 aliphatic rings. The van der Waals surface area contributed by atoms with Gasteiger partial charge in [0.05, 0.1) is 15.5 Å². The molecule has 5 heteroatoms. The summed E-state index contributed by atoms with van der Waals surface area (Å²) in [5.41, 5.74) is 4.20. The summed E-state index contributed by atoms with van der Waals surface area (Å²) in [6.07, 6.45) is 0. The number of carbonyl (C=O) groups excluding carboxylic acids is 1. The summed E-state index contributed by atoms with van der Waals surface area (Å²) in [5, 5.41) is 2.92. The lowest BCUT2D eigenvalue weighted by molar-refractivity contribution is -0.115. The van der Waals surface area contributed by atoms with Crippen molar-refractivity contribution in [1.29, 1.82) is 0 Å². The van der Waals surface area contributed by atoms with Gasteiger partial charge in [0, 0.05) is 5.69 Å². The molecule has 1 amide bonds. The molecular formula is C20H22N2OS2. The molecule has 3 aromatic rings. The van der Waals surface area contributed by atoms with Crippen LogP contribution in [0.3, 0.4) is 0 Å². The number of aromatic nitrogens is 1. The number of para-hydroxylation sites is 2. The van der Waals surface area contributed by atoms with E-state index in [0.29, 0.717) is 5.92 Å². The number of carbonyl (C=O) groups is 1. The van der Waals surface area contributed by atoms with Gasteiger partial charge in [-0.3, -0.25) is 4.79 Å². The highest BCUT2D eigenvalue weighted by Crippen LogP contribution is 2.33. The van der Waals surface area contributed by atoms with Gasteiger partial charge in [-0.2, -0.15) is 0 Å². The van der Waals surface area contributed by atoms with Crippen molar-refractivity contribution in [2.75, 3.05) is 5.32 Å². The fourth-order valence-electron chi connectivity index (χ4n) is 2.67. The SMILES string of the molecule is Cc1cccc(C(C)C)c1NC(=O)[C@H](C)Sc1nc2ccccc2s1. The van der Waals surface area contributed by atoms with Crippen molar-refractivity contribution < 1.29 is 4.79 Å². The predicted molar refractivity (Wildman–Crippen MR) is 109 cm³/mol. The first-order chi connectivity index (χ1) is 12.0. The predicted octanol–water partition coefficient (Wildman–Crippen LogP) is 5.85. The standard InChI is InChI=1S/C20H22N2OS2/c1-12(2)15-9-7-8-13(3)18(15)22-19(23)14(4)24-20-21-16-10-5-6-11-17(16)25-20/h5-12,14H,1-4H3,(H,22,23)/t14-/m0/s1. The minimum absolute atomic E-state index is 0.0143. The molecule has 1 atom stereocenters. The average Bonchev–Trinajstić information content (AvgIpc) is 2.98. The summed E-state index contributed by atoms with van der Waals surface area (Å²) in [6, 6.07) is 14.2. The minimum atomic E-state index is -0.208. The van der Waals surface area contributed by atoms with Gasteiger partial charge in [-0.15, -0.1) is 11.3 Å². The molecule has 0 aliphatic carbocycles. The van der Waals surface area contributed by atoms with Gasteiger partial charge in [-0.1, -0.05) is 55.9 Å². The lowest BCUT2D eigenvalue weighted by Gasteiger charge is -2.18.